The van der Waals surface area contributed by atoms with Crippen LogP contribution in [0.1, 0.15) is 30.1 Å². The van der Waals surface area contributed by atoms with E-state index >= 15 is 0 Å². The topological polar surface area (TPSA) is 20.2 Å². The highest BCUT2D eigenvalue weighted by Crippen LogP contribution is 2.21. The molecule has 2 aromatic rings. The van der Waals surface area contributed by atoms with Gasteiger partial charge in [-0.2, -0.15) is 0 Å². The molecule has 0 saturated heterocycles. The first-order chi connectivity index (χ1) is 9.16. The van der Waals surface area contributed by atoms with Crippen LogP contribution in [0.3, 0.4) is 0 Å². The van der Waals surface area contributed by atoms with E-state index in [0.29, 0.717) is 18.4 Å². The average molecular weight is 323 g/mol. The molecule has 100 valence electrons. The molecule has 1 nitrogen and oxygen atoms in total. The molecule has 19 heavy (non-hydrogen) atoms. The highest BCUT2D eigenvalue weighted by atomic mass is 79.9. The van der Waals surface area contributed by atoms with Crippen molar-refractivity contribution < 1.29 is 9.50 Å². The molecule has 0 saturated carbocycles. The minimum Gasteiger partial charge on any atom is -0.388 e. The largest absolute Gasteiger partial charge is 0.388 e. The SMILES string of the molecule is OC(CCCc1ccc(Br)cc1F)c1ccccc1. The predicted octanol–water partition coefficient (Wildman–Crippen LogP) is 4.64. The van der Waals surface area contributed by atoms with E-state index in [2.05, 4.69) is 15.9 Å². The lowest BCUT2D eigenvalue weighted by molar-refractivity contribution is 0.164. The summed E-state index contributed by atoms with van der Waals surface area (Å²) >= 11 is 3.24. The third-order valence-corrected chi connectivity index (χ3v) is 3.62. The van der Waals surface area contributed by atoms with Gasteiger partial charge in [0.1, 0.15) is 5.82 Å². The second-order valence-electron chi connectivity index (χ2n) is 4.55. The van der Waals surface area contributed by atoms with Crippen LogP contribution in [0, 0.1) is 5.82 Å². The van der Waals surface area contributed by atoms with Crippen molar-refractivity contribution in [2.24, 2.45) is 0 Å². The molecule has 2 rings (SSSR count). The Morgan fingerprint density at radius 1 is 1.11 bits per heavy atom. The van der Waals surface area contributed by atoms with Gasteiger partial charge in [-0.3, -0.25) is 0 Å². The Balaban J connectivity index is 1.86. The third kappa shape index (κ3) is 4.15. The van der Waals surface area contributed by atoms with E-state index in [9.17, 15) is 9.50 Å². The van der Waals surface area contributed by atoms with Gasteiger partial charge in [0.25, 0.3) is 0 Å². The van der Waals surface area contributed by atoms with Crippen LogP contribution in [0.25, 0.3) is 0 Å². The summed E-state index contributed by atoms with van der Waals surface area (Å²) in [4.78, 5) is 0. The molecular weight excluding hydrogens is 307 g/mol. The molecule has 1 atom stereocenters. The highest BCUT2D eigenvalue weighted by molar-refractivity contribution is 9.10. The van der Waals surface area contributed by atoms with Gasteiger partial charge in [0.15, 0.2) is 0 Å². The fourth-order valence-electron chi connectivity index (χ4n) is 2.05. The Labute approximate surface area is 121 Å². The van der Waals surface area contributed by atoms with Crippen LogP contribution in [0.2, 0.25) is 0 Å². The molecule has 0 aliphatic heterocycles. The minimum atomic E-state index is -0.472. The van der Waals surface area contributed by atoms with Crippen molar-refractivity contribution in [1.29, 1.82) is 0 Å². The van der Waals surface area contributed by atoms with Crippen molar-refractivity contribution in [3.63, 3.8) is 0 Å². The van der Waals surface area contributed by atoms with E-state index in [1.165, 1.54) is 6.07 Å². The summed E-state index contributed by atoms with van der Waals surface area (Å²) in [5.41, 5.74) is 1.61. The van der Waals surface area contributed by atoms with Gasteiger partial charge in [-0.05, 0) is 42.5 Å². The van der Waals surface area contributed by atoms with E-state index in [0.717, 1.165) is 16.5 Å². The molecule has 0 bridgehead atoms. The van der Waals surface area contributed by atoms with Crippen molar-refractivity contribution in [1.82, 2.24) is 0 Å². The van der Waals surface area contributed by atoms with Gasteiger partial charge in [-0.15, -0.1) is 0 Å². The first-order valence-electron chi connectivity index (χ1n) is 6.34. The van der Waals surface area contributed by atoms with Gasteiger partial charge in [0, 0.05) is 4.47 Å². The molecule has 0 aliphatic carbocycles. The molecule has 0 radical (unpaired) electrons. The normalized spacial score (nSPS) is 12.4. The van der Waals surface area contributed by atoms with Gasteiger partial charge >= 0.3 is 0 Å². The molecule has 1 unspecified atom stereocenters. The molecule has 0 fully saturated rings. The fraction of sp³-hybridized carbons (Fsp3) is 0.250. The zero-order valence-corrected chi connectivity index (χ0v) is 12.1. The van der Waals surface area contributed by atoms with Gasteiger partial charge in [0.05, 0.1) is 6.10 Å². The molecule has 3 heteroatoms. The fourth-order valence-corrected chi connectivity index (χ4v) is 2.39. The Morgan fingerprint density at radius 2 is 1.84 bits per heavy atom. The molecule has 2 aromatic carbocycles. The highest BCUT2D eigenvalue weighted by Gasteiger charge is 2.08. The van der Waals surface area contributed by atoms with Crippen LogP contribution in [0.15, 0.2) is 53.0 Å². The van der Waals surface area contributed by atoms with Crippen LogP contribution in [-0.2, 0) is 6.42 Å². The number of hydrogen-bond donors (Lipinski definition) is 1. The maximum absolute atomic E-state index is 13.6. The maximum atomic E-state index is 13.6. The maximum Gasteiger partial charge on any atom is 0.127 e. The summed E-state index contributed by atoms with van der Waals surface area (Å²) in [6.45, 7) is 0. The molecular formula is C16H16BrFO. The second kappa shape index (κ2) is 6.83. The smallest absolute Gasteiger partial charge is 0.127 e. The van der Waals surface area contributed by atoms with Gasteiger partial charge in [-0.25, -0.2) is 4.39 Å². The van der Waals surface area contributed by atoms with Crippen molar-refractivity contribution in [2.75, 3.05) is 0 Å². The van der Waals surface area contributed by atoms with Crippen molar-refractivity contribution >= 4 is 15.9 Å². The van der Waals surface area contributed by atoms with Crippen molar-refractivity contribution in [3.05, 3.63) is 69.9 Å². The van der Waals surface area contributed by atoms with E-state index in [1.807, 2.05) is 36.4 Å². The summed E-state index contributed by atoms with van der Waals surface area (Å²) < 4.78 is 14.4. The van der Waals surface area contributed by atoms with Crippen LogP contribution < -0.4 is 0 Å². The summed E-state index contributed by atoms with van der Waals surface area (Å²) in [7, 11) is 0. The monoisotopic (exact) mass is 322 g/mol. The standard InChI is InChI=1S/C16H16BrFO/c17-14-10-9-12(15(18)11-14)7-4-8-16(19)13-5-2-1-3-6-13/h1-3,5-6,9-11,16,19H,4,7-8H2. The lowest BCUT2D eigenvalue weighted by Crippen LogP contribution is -1.99. The Bertz CT molecular complexity index is 528. The zero-order valence-electron chi connectivity index (χ0n) is 10.5. The lowest BCUT2D eigenvalue weighted by Gasteiger charge is -2.11. The summed E-state index contributed by atoms with van der Waals surface area (Å²) in [6.07, 6.45) is 1.57. The Hall–Kier alpha value is -1.19. The predicted molar refractivity (Wildman–Crippen MR) is 78.4 cm³/mol. The number of aliphatic hydroxyl groups is 1. The van der Waals surface area contributed by atoms with E-state index in [-0.39, 0.29) is 5.82 Å². The number of aliphatic hydroxyl groups excluding tert-OH is 1. The third-order valence-electron chi connectivity index (χ3n) is 3.12. The van der Waals surface area contributed by atoms with Crippen molar-refractivity contribution in [2.45, 2.75) is 25.4 Å². The van der Waals surface area contributed by atoms with Gasteiger partial charge in [0.2, 0.25) is 0 Å². The first-order valence-corrected chi connectivity index (χ1v) is 7.13. The number of benzene rings is 2. The van der Waals surface area contributed by atoms with Gasteiger partial charge < -0.3 is 5.11 Å². The second-order valence-corrected chi connectivity index (χ2v) is 5.47. The molecule has 0 aromatic heterocycles. The quantitative estimate of drug-likeness (QED) is 0.849. The van der Waals surface area contributed by atoms with E-state index in [1.54, 1.807) is 6.07 Å². The molecule has 0 amide bonds. The summed E-state index contributed by atoms with van der Waals surface area (Å²) in [6, 6.07) is 14.7. The molecule has 0 aliphatic rings. The van der Waals surface area contributed by atoms with Crippen LogP contribution in [0.5, 0.6) is 0 Å². The Kier molecular flexibility index (Phi) is 5.11. The lowest BCUT2D eigenvalue weighted by atomic mass is 10.0. The number of hydrogen-bond acceptors (Lipinski definition) is 1. The average Bonchev–Trinajstić information content (AvgIpc) is 2.42. The van der Waals surface area contributed by atoms with Gasteiger partial charge in [-0.1, -0.05) is 52.3 Å². The number of rotatable bonds is 5. The zero-order chi connectivity index (χ0) is 13.7. The van der Waals surface area contributed by atoms with E-state index < -0.39 is 6.10 Å². The molecule has 1 N–H and O–H groups in total. The summed E-state index contributed by atoms with van der Waals surface area (Å²) in [5.74, 6) is -0.191. The molecule has 0 heterocycles. The van der Waals surface area contributed by atoms with Crippen molar-refractivity contribution in [3.8, 4) is 0 Å². The number of aryl methyl sites for hydroxylation is 1. The van der Waals surface area contributed by atoms with Crippen LogP contribution >= 0.6 is 15.9 Å². The summed E-state index contributed by atoms with van der Waals surface area (Å²) in [5, 5.41) is 10.0. The first kappa shape index (κ1) is 14.2. The minimum absolute atomic E-state index is 0.191. The van der Waals surface area contributed by atoms with Crippen LogP contribution in [0.4, 0.5) is 4.39 Å². The number of halogens is 2. The molecule has 0 spiro atoms. The van der Waals surface area contributed by atoms with Crippen LogP contribution in [-0.4, -0.2) is 5.11 Å². The van der Waals surface area contributed by atoms with E-state index in [4.69, 9.17) is 0 Å². The Morgan fingerprint density at radius 3 is 2.53 bits per heavy atom.